The lowest BCUT2D eigenvalue weighted by Crippen LogP contribution is -2.33. The van der Waals surface area contributed by atoms with E-state index >= 15 is 0 Å². The summed E-state index contributed by atoms with van der Waals surface area (Å²) in [5.74, 6) is 0. The predicted octanol–water partition coefficient (Wildman–Crippen LogP) is 1.55. The number of halogens is 1. The van der Waals surface area contributed by atoms with Gasteiger partial charge in [-0.15, -0.1) is 0 Å². The second kappa shape index (κ2) is 5.05. The highest BCUT2D eigenvalue weighted by Gasteiger charge is 2.09. The van der Waals surface area contributed by atoms with Crippen LogP contribution in [0.2, 0.25) is 0 Å². The van der Waals surface area contributed by atoms with E-state index in [2.05, 4.69) is 21.0 Å². The highest BCUT2D eigenvalue weighted by molar-refractivity contribution is 9.10. The number of H-pyrrole nitrogens is 1. The van der Waals surface area contributed by atoms with Crippen molar-refractivity contribution in [3.63, 3.8) is 0 Å². The Balaban J connectivity index is 2.50. The van der Waals surface area contributed by atoms with E-state index < -0.39 is 0 Å². The third-order valence-corrected chi connectivity index (χ3v) is 3.64. The van der Waals surface area contributed by atoms with Crippen LogP contribution >= 0.6 is 15.9 Å². The van der Waals surface area contributed by atoms with Gasteiger partial charge in [0.2, 0.25) is 0 Å². The van der Waals surface area contributed by atoms with E-state index in [0.717, 1.165) is 10.0 Å². The summed E-state index contributed by atoms with van der Waals surface area (Å²) in [5, 5.41) is 2.56. The van der Waals surface area contributed by atoms with Crippen molar-refractivity contribution in [2.24, 2.45) is 0 Å². The minimum atomic E-state index is -0.257. The maximum Gasteiger partial charge on any atom is 0.268 e. The Kier molecular flexibility index (Phi) is 3.61. The summed E-state index contributed by atoms with van der Waals surface area (Å²) in [6.07, 6.45) is 0. The molecule has 0 atom stereocenters. The van der Waals surface area contributed by atoms with Crippen molar-refractivity contribution < 1.29 is 0 Å². The summed E-state index contributed by atoms with van der Waals surface area (Å²) in [6, 6.07) is 5.43. The van der Waals surface area contributed by atoms with Crippen molar-refractivity contribution in [3.8, 4) is 0 Å². The van der Waals surface area contributed by atoms with Crippen LogP contribution < -0.4 is 16.9 Å². The summed E-state index contributed by atoms with van der Waals surface area (Å²) in [6.45, 7) is 3.52. The quantitative estimate of drug-likeness (QED) is 0.823. The molecule has 0 aliphatic heterocycles. The fourth-order valence-electron chi connectivity index (χ4n) is 1.78. The van der Waals surface area contributed by atoms with E-state index in [4.69, 9.17) is 5.73 Å². The van der Waals surface area contributed by atoms with E-state index in [0.29, 0.717) is 16.8 Å². The molecule has 0 radical (unpaired) electrons. The average molecular weight is 324 g/mol. The van der Waals surface area contributed by atoms with Crippen molar-refractivity contribution in [3.05, 3.63) is 60.1 Å². The van der Waals surface area contributed by atoms with Gasteiger partial charge in [-0.25, -0.2) is 4.68 Å². The van der Waals surface area contributed by atoms with Gasteiger partial charge in [-0.3, -0.25) is 14.7 Å². The van der Waals surface area contributed by atoms with Crippen LogP contribution in [0.1, 0.15) is 16.7 Å². The molecule has 3 N–H and O–H groups in total. The number of benzene rings is 1. The average Bonchev–Trinajstić information content (AvgIpc) is 2.36. The minimum absolute atomic E-state index is 0.209. The maximum absolute atomic E-state index is 12.1. The number of hydrogen-bond donors (Lipinski definition) is 2. The van der Waals surface area contributed by atoms with E-state index in [1.54, 1.807) is 19.9 Å². The van der Waals surface area contributed by atoms with E-state index in [9.17, 15) is 9.59 Å². The standard InChI is InChI=1S/C13H14BrN3O2/c1-7-8(2)13(19)17(16-12(7)18)6-9-3-4-10(14)5-11(9)15/h3-5H,6,15H2,1-2H3,(H,16,18). The van der Waals surface area contributed by atoms with Crippen LogP contribution in [-0.2, 0) is 6.54 Å². The lowest BCUT2D eigenvalue weighted by atomic mass is 10.1. The molecule has 0 saturated carbocycles. The van der Waals surface area contributed by atoms with Gasteiger partial charge in [0, 0.05) is 21.3 Å². The van der Waals surface area contributed by atoms with Crippen LogP contribution in [0, 0.1) is 13.8 Å². The van der Waals surface area contributed by atoms with Crippen LogP contribution in [-0.4, -0.2) is 9.78 Å². The van der Waals surface area contributed by atoms with Crippen molar-refractivity contribution in [2.75, 3.05) is 5.73 Å². The first-order valence-corrected chi connectivity index (χ1v) is 6.53. The van der Waals surface area contributed by atoms with Crippen LogP contribution in [0.3, 0.4) is 0 Å². The van der Waals surface area contributed by atoms with Gasteiger partial charge in [-0.05, 0) is 31.5 Å². The Hall–Kier alpha value is -1.82. The SMILES string of the molecule is Cc1c(C)c(=O)n(Cc2ccc(Br)cc2N)[nH]c1=O. The van der Waals surface area contributed by atoms with Crippen LogP contribution in [0.15, 0.2) is 32.3 Å². The minimum Gasteiger partial charge on any atom is -0.398 e. The van der Waals surface area contributed by atoms with Crippen LogP contribution in [0.4, 0.5) is 5.69 Å². The van der Waals surface area contributed by atoms with Gasteiger partial charge in [-0.1, -0.05) is 22.0 Å². The van der Waals surface area contributed by atoms with E-state index in [1.807, 2.05) is 12.1 Å². The molecule has 100 valence electrons. The van der Waals surface area contributed by atoms with Crippen LogP contribution in [0.5, 0.6) is 0 Å². The molecule has 0 saturated heterocycles. The first-order valence-electron chi connectivity index (χ1n) is 5.74. The predicted molar refractivity (Wildman–Crippen MR) is 78.5 cm³/mol. The zero-order valence-corrected chi connectivity index (χ0v) is 12.2. The number of nitrogens with one attached hydrogen (secondary N) is 1. The number of anilines is 1. The van der Waals surface area contributed by atoms with Gasteiger partial charge in [0.1, 0.15) is 0 Å². The zero-order chi connectivity index (χ0) is 14.2. The molecule has 1 heterocycles. The third kappa shape index (κ3) is 2.63. The van der Waals surface area contributed by atoms with E-state index in [-0.39, 0.29) is 17.7 Å². The third-order valence-electron chi connectivity index (χ3n) is 3.14. The fraction of sp³-hybridized carbons (Fsp3) is 0.231. The lowest BCUT2D eigenvalue weighted by Gasteiger charge is -2.10. The first-order chi connectivity index (χ1) is 8.90. The number of aromatic nitrogens is 2. The maximum atomic E-state index is 12.1. The summed E-state index contributed by atoms with van der Waals surface area (Å²) in [7, 11) is 0. The van der Waals surface area contributed by atoms with Crippen molar-refractivity contribution in [1.82, 2.24) is 9.78 Å². The number of rotatable bonds is 2. The van der Waals surface area contributed by atoms with E-state index in [1.165, 1.54) is 4.68 Å². The Labute approximate surface area is 118 Å². The molecule has 2 rings (SSSR count). The monoisotopic (exact) mass is 323 g/mol. The molecule has 0 fully saturated rings. The number of aromatic amines is 1. The molecule has 0 aliphatic rings. The lowest BCUT2D eigenvalue weighted by molar-refractivity contribution is 0.619. The molecule has 5 nitrogen and oxygen atoms in total. The molecule has 1 aromatic heterocycles. The van der Waals surface area contributed by atoms with Crippen molar-refractivity contribution in [2.45, 2.75) is 20.4 Å². The van der Waals surface area contributed by atoms with Crippen molar-refractivity contribution in [1.29, 1.82) is 0 Å². The summed E-state index contributed by atoms with van der Waals surface area (Å²) in [5.41, 5.74) is 7.68. The van der Waals surface area contributed by atoms with Gasteiger partial charge in [0.15, 0.2) is 0 Å². The van der Waals surface area contributed by atoms with Crippen LogP contribution in [0.25, 0.3) is 0 Å². The molecular weight excluding hydrogens is 310 g/mol. The molecule has 0 aliphatic carbocycles. The smallest absolute Gasteiger partial charge is 0.268 e. The molecule has 0 bridgehead atoms. The highest BCUT2D eigenvalue weighted by Crippen LogP contribution is 2.18. The Bertz CT molecular complexity index is 747. The fourth-order valence-corrected chi connectivity index (χ4v) is 2.16. The molecule has 0 unspecified atom stereocenters. The largest absolute Gasteiger partial charge is 0.398 e. The van der Waals surface area contributed by atoms with Gasteiger partial charge in [0.25, 0.3) is 11.1 Å². The Morgan fingerprint density at radius 2 is 1.95 bits per heavy atom. The molecule has 0 spiro atoms. The number of nitrogen functional groups attached to an aromatic ring is 1. The molecule has 2 aromatic rings. The number of hydrogen-bond acceptors (Lipinski definition) is 3. The molecular formula is C13H14BrN3O2. The number of nitrogens with zero attached hydrogens (tertiary/aromatic N) is 1. The second-order valence-electron chi connectivity index (χ2n) is 4.43. The molecule has 6 heteroatoms. The molecule has 1 aromatic carbocycles. The Morgan fingerprint density at radius 3 is 2.58 bits per heavy atom. The summed E-state index contributed by atoms with van der Waals surface area (Å²) in [4.78, 5) is 23.8. The molecule has 19 heavy (non-hydrogen) atoms. The highest BCUT2D eigenvalue weighted by atomic mass is 79.9. The van der Waals surface area contributed by atoms with Gasteiger partial charge >= 0.3 is 0 Å². The van der Waals surface area contributed by atoms with Gasteiger partial charge in [-0.2, -0.15) is 0 Å². The normalized spacial score (nSPS) is 10.7. The topological polar surface area (TPSA) is 80.9 Å². The van der Waals surface area contributed by atoms with Crippen molar-refractivity contribution >= 4 is 21.6 Å². The summed E-state index contributed by atoms with van der Waals surface area (Å²) >= 11 is 3.32. The van der Waals surface area contributed by atoms with Gasteiger partial charge in [0.05, 0.1) is 6.54 Å². The van der Waals surface area contributed by atoms with Gasteiger partial charge < -0.3 is 5.73 Å². The second-order valence-corrected chi connectivity index (χ2v) is 5.34. The number of nitrogens with two attached hydrogens (primary N) is 1. The first kappa shape index (κ1) is 13.6. The molecule has 0 amide bonds. The summed E-state index contributed by atoms with van der Waals surface area (Å²) < 4.78 is 2.15. The zero-order valence-electron chi connectivity index (χ0n) is 10.7. The Morgan fingerprint density at radius 1 is 1.26 bits per heavy atom.